The first-order chi connectivity index (χ1) is 9.76. The number of aliphatic hydroxyl groups is 1. The summed E-state index contributed by atoms with van der Waals surface area (Å²) in [6.07, 6.45) is -0.947. The zero-order chi connectivity index (χ0) is 15.7. The van der Waals surface area contributed by atoms with Crippen molar-refractivity contribution in [1.82, 2.24) is 0 Å². The summed E-state index contributed by atoms with van der Waals surface area (Å²) in [5.74, 6) is 0.439. The van der Waals surface area contributed by atoms with Crippen molar-refractivity contribution in [1.29, 1.82) is 0 Å². The van der Waals surface area contributed by atoms with E-state index >= 15 is 0 Å². The third-order valence-corrected chi connectivity index (χ3v) is 4.16. The van der Waals surface area contributed by atoms with Crippen molar-refractivity contribution < 1.29 is 18.3 Å². The summed E-state index contributed by atoms with van der Waals surface area (Å²) in [4.78, 5) is 0. The van der Waals surface area contributed by atoms with Crippen LogP contribution in [-0.2, 0) is 6.18 Å². The summed E-state index contributed by atoms with van der Waals surface area (Å²) in [6.45, 7) is 2.00. The first kappa shape index (κ1) is 15.9. The Morgan fingerprint density at radius 2 is 2.14 bits per heavy atom. The van der Waals surface area contributed by atoms with E-state index in [9.17, 15) is 18.3 Å². The molecule has 0 aliphatic heterocycles. The van der Waals surface area contributed by atoms with Crippen LogP contribution in [0, 0.1) is 5.92 Å². The molecular weight excluding hydrogens is 281 g/mol. The van der Waals surface area contributed by atoms with Crippen molar-refractivity contribution in [3.05, 3.63) is 23.8 Å². The van der Waals surface area contributed by atoms with Gasteiger partial charge < -0.3 is 16.2 Å². The van der Waals surface area contributed by atoms with Crippen LogP contribution in [0.1, 0.15) is 38.2 Å². The molecule has 0 heterocycles. The van der Waals surface area contributed by atoms with Crippen molar-refractivity contribution in [3.8, 4) is 0 Å². The molecule has 0 radical (unpaired) electrons. The van der Waals surface area contributed by atoms with E-state index in [4.69, 9.17) is 5.73 Å². The zero-order valence-electron chi connectivity index (χ0n) is 12.0. The normalized spacial score (nSPS) is 26.6. The summed E-state index contributed by atoms with van der Waals surface area (Å²) in [6, 6.07) is 3.80. The largest absolute Gasteiger partial charge is 0.418 e. The fourth-order valence-electron chi connectivity index (χ4n) is 3.14. The lowest BCUT2D eigenvalue weighted by molar-refractivity contribution is -0.136. The van der Waals surface area contributed by atoms with Gasteiger partial charge in [0, 0.05) is 11.4 Å². The third-order valence-electron chi connectivity index (χ3n) is 4.16. The Kier molecular flexibility index (Phi) is 4.37. The lowest BCUT2D eigenvalue weighted by Crippen LogP contribution is -2.45. The second-order valence-electron chi connectivity index (χ2n) is 6.06. The van der Waals surface area contributed by atoms with Crippen molar-refractivity contribution in [2.24, 2.45) is 5.92 Å². The van der Waals surface area contributed by atoms with Crippen LogP contribution < -0.4 is 11.1 Å². The third kappa shape index (κ3) is 3.61. The minimum Gasteiger partial charge on any atom is -0.398 e. The summed E-state index contributed by atoms with van der Waals surface area (Å²) in [5.41, 5.74) is 4.07. The minimum absolute atomic E-state index is 0.0942. The van der Waals surface area contributed by atoms with Gasteiger partial charge in [-0.05, 0) is 37.0 Å². The number of aliphatic hydroxyl groups excluding tert-OH is 1. The van der Waals surface area contributed by atoms with E-state index in [1.807, 2.05) is 0 Å². The van der Waals surface area contributed by atoms with E-state index in [1.165, 1.54) is 12.1 Å². The van der Waals surface area contributed by atoms with Gasteiger partial charge >= 0.3 is 6.18 Å². The highest BCUT2D eigenvalue weighted by atomic mass is 19.4. The number of hydrogen-bond donors (Lipinski definition) is 3. The van der Waals surface area contributed by atoms with Gasteiger partial charge in [-0.25, -0.2) is 0 Å². The molecule has 1 fully saturated rings. The van der Waals surface area contributed by atoms with E-state index in [-0.39, 0.29) is 12.3 Å². The van der Waals surface area contributed by atoms with E-state index in [0.29, 0.717) is 11.6 Å². The average molecular weight is 302 g/mol. The average Bonchev–Trinajstić information content (AvgIpc) is 2.40. The number of anilines is 2. The van der Waals surface area contributed by atoms with Crippen LogP contribution in [-0.4, -0.2) is 17.3 Å². The number of halogens is 3. The minimum atomic E-state index is -4.48. The van der Waals surface area contributed by atoms with E-state index in [0.717, 1.165) is 31.7 Å². The second kappa shape index (κ2) is 5.75. The highest BCUT2D eigenvalue weighted by Gasteiger charge is 2.36. The van der Waals surface area contributed by atoms with Crippen molar-refractivity contribution in [2.45, 2.75) is 44.3 Å². The smallest absolute Gasteiger partial charge is 0.398 e. The van der Waals surface area contributed by atoms with Crippen LogP contribution in [0.3, 0.4) is 0 Å². The van der Waals surface area contributed by atoms with Gasteiger partial charge in [-0.1, -0.05) is 19.8 Å². The van der Waals surface area contributed by atoms with Crippen LogP contribution in [0.25, 0.3) is 0 Å². The monoisotopic (exact) mass is 302 g/mol. The maximum atomic E-state index is 12.9. The molecule has 0 spiro atoms. The maximum absolute atomic E-state index is 12.9. The molecule has 2 rings (SSSR count). The van der Waals surface area contributed by atoms with Gasteiger partial charge in [0.05, 0.1) is 17.7 Å². The van der Waals surface area contributed by atoms with E-state index in [2.05, 4.69) is 12.2 Å². The van der Waals surface area contributed by atoms with Crippen LogP contribution in [0.2, 0.25) is 0 Å². The highest BCUT2D eigenvalue weighted by Crippen LogP contribution is 2.38. The number of rotatable bonds is 3. The molecule has 21 heavy (non-hydrogen) atoms. The Morgan fingerprint density at radius 1 is 1.43 bits per heavy atom. The highest BCUT2D eigenvalue weighted by molar-refractivity contribution is 5.59. The standard InChI is InChI=1S/C15H21F3N2O/c1-10-3-2-6-14(8-10,9-21)20-11-4-5-13(19)12(7-11)15(16,17)18/h4-5,7,10,20-21H,2-3,6,8-9,19H2,1H3. The number of nitrogens with one attached hydrogen (secondary N) is 1. The lowest BCUT2D eigenvalue weighted by Gasteiger charge is -2.40. The Hall–Kier alpha value is -1.43. The van der Waals surface area contributed by atoms with Crippen LogP contribution in [0.15, 0.2) is 18.2 Å². The molecule has 1 aliphatic carbocycles. The molecule has 1 saturated carbocycles. The molecule has 3 nitrogen and oxygen atoms in total. The van der Waals surface area contributed by atoms with Gasteiger partial charge in [0.25, 0.3) is 0 Å². The van der Waals surface area contributed by atoms with E-state index in [1.54, 1.807) is 0 Å². The summed E-state index contributed by atoms with van der Waals surface area (Å²) in [7, 11) is 0. The number of benzene rings is 1. The summed E-state index contributed by atoms with van der Waals surface area (Å²) in [5, 5.41) is 12.8. The van der Waals surface area contributed by atoms with Crippen molar-refractivity contribution >= 4 is 11.4 Å². The number of hydrogen-bond acceptors (Lipinski definition) is 3. The van der Waals surface area contributed by atoms with Crippen LogP contribution in [0.5, 0.6) is 0 Å². The quantitative estimate of drug-likeness (QED) is 0.747. The molecule has 0 aromatic heterocycles. The molecule has 1 aromatic carbocycles. The Balaban J connectivity index is 2.26. The van der Waals surface area contributed by atoms with Gasteiger partial charge in [-0.3, -0.25) is 0 Å². The molecule has 2 unspecified atom stereocenters. The number of nitrogen functional groups attached to an aromatic ring is 1. The molecule has 1 aromatic rings. The fraction of sp³-hybridized carbons (Fsp3) is 0.600. The van der Waals surface area contributed by atoms with Crippen molar-refractivity contribution in [3.63, 3.8) is 0 Å². The van der Waals surface area contributed by atoms with Crippen LogP contribution >= 0.6 is 0 Å². The molecule has 1 aliphatic rings. The molecular formula is C15H21F3N2O. The summed E-state index contributed by atoms with van der Waals surface area (Å²) >= 11 is 0. The molecule has 2 atom stereocenters. The van der Waals surface area contributed by atoms with Gasteiger partial charge in [0.2, 0.25) is 0 Å². The molecule has 0 saturated heterocycles. The second-order valence-corrected chi connectivity index (χ2v) is 6.06. The molecule has 4 N–H and O–H groups in total. The first-order valence-electron chi connectivity index (χ1n) is 7.11. The van der Waals surface area contributed by atoms with Crippen molar-refractivity contribution in [2.75, 3.05) is 17.7 Å². The predicted molar refractivity (Wildman–Crippen MR) is 76.9 cm³/mol. The van der Waals surface area contributed by atoms with Gasteiger partial charge in [0.1, 0.15) is 0 Å². The van der Waals surface area contributed by atoms with Gasteiger partial charge in [-0.15, -0.1) is 0 Å². The summed E-state index contributed by atoms with van der Waals surface area (Å²) < 4.78 is 38.7. The fourth-order valence-corrected chi connectivity index (χ4v) is 3.14. The van der Waals surface area contributed by atoms with Gasteiger partial charge in [-0.2, -0.15) is 13.2 Å². The lowest BCUT2D eigenvalue weighted by atomic mass is 9.76. The number of nitrogens with two attached hydrogens (primary N) is 1. The first-order valence-corrected chi connectivity index (χ1v) is 7.11. The molecule has 118 valence electrons. The molecule has 0 bridgehead atoms. The Morgan fingerprint density at radius 3 is 2.71 bits per heavy atom. The Bertz CT molecular complexity index is 504. The molecule has 6 heteroatoms. The zero-order valence-corrected chi connectivity index (χ0v) is 12.0. The SMILES string of the molecule is CC1CCCC(CO)(Nc2ccc(N)c(C(F)(F)F)c2)C1. The predicted octanol–water partition coefficient (Wildman–Crippen LogP) is 3.64. The topological polar surface area (TPSA) is 58.3 Å². The van der Waals surface area contributed by atoms with Gasteiger partial charge in [0.15, 0.2) is 0 Å². The Labute approximate surface area is 122 Å². The molecule has 0 amide bonds. The van der Waals surface area contributed by atoms with Crippen LogP contribution in [0.4, 0.5) is 24.5 Å². The maximum Gasteiger partial charge on any atom is 0.418 e. The number of alkyl halides is 3. The van der Waals surface area contributed by atoms with E-state index < -0.39 is 17.3 Å².